The fourth-order valence-electron chi connectivity index (χ4n) is 2.71. The maximum absolute atomic E-state index is 12.0. The van der Waals surface area contributed by atoms with Crippen LogP contribution in [0.25, 0.3) is 0 Å². The van der Waals surface area contributed by atoms with Gasteiger partial charge in [0.05, 0.1) is 17.5 Å². The Morgan fingerprint density at radius 3 is 2.75 bits per heavy atom. The highest BCUT2D eigenvalue weighted by Gasteiger charge is 2.16. The summed E-state index contributed by atoms with van der Waals surface area (Å²) in [6, 6.07) is 10.9. The van der Waals surface area contributed by atoms with Crippen molar-refractivity contribution in [2.45, 2.75) is 31.8 Å². The van der Waals surface area contributed by atoms with Crippen LogP contribution in [-0.4, -0.2) is 24.5 Å². The molecule has 5 nitrogen and oxygen atoms in total. The molecule has 0 atom stereocenters. The molecule has 0 spiro atoms. The lowest BCUT2D eigenvalue weighted by molar-refractivity contribution is -0.115. The molecule has 1 aliphatic carbocycles. The van der Waals surface area contributed by atoms with E-state index in [1.807, 2.05) is 23.6 Å². The van der Waals surface area contributed by atoms with E-state index < -0.39 is 0 Å². The van der Waals surface area contributed by atoms with Gasteiger partial charge in [0.1, 0.15) is 5.75 Å². The average Bonchev–Trinajstić information content (AvgIpc) is 3.26. The van der Waals surface area contributed by atoms with E-state index in [4.69, 9.17) is 4.74 Å². The molecule has 2 amide bonds. The van der Waals surface area contributed by atoms with Gasteiger partial charge in [-0.05, 0) is 49.3 Å². The van der Waals surface area contributed by atoms with Crippen molar-refractivity contribution in [2.75, 3.05) is 11.9 Å². The molecule has 1 heterocycles. The zero-order valence-corrected chi connectivity index (χ0v) is 14.1. The van der Waals surface area contributed by atoms with Crippen LogP contribution in [0.15, 0.2) is 41.8 Å². The van der Waals surface area contributed by atoms with Crippen LogP contribution < -0.4 is 15.4 Å². The fraction of sp³-hybridized carbons (Fsp3) is 0.333. The molecule has 3 rings (SSSR count). The normalized spacial score (nSPS) is 14.3. The van der Waals surface area contributed by atoms with Crippen molar-refractivity contribution < 1.29 is 14.3 Å². The van der Waals surface area contributed by atoms with Crippen LogP contribution in [-0.2, 0) is 4.79 Å². The summed E-state index contributed by atoms with van der Waals surface area (Å²) >= 11 is 1.34. The van der Waals surface area contributed by atoms with E-state index in [0.29, 0.717) is 10.6 Å². The maximum Gasteiger partial charge on any atom is 0.261 e. The van der Waals surface area contributed by atoms with E-state index >= 15 is 0 Å². The van der Waals surface area contributed by atoms with Gasteiger partial charge in [-0.3, -0.25) is 9.59 Å². The van der Waals surface area contributed by atoms with Crippen molar-refractivity contribution in [3.63, 3.8) is 0 Å². The smallest absolute Gasteiger partial charge is 0.261 e. The molecule has 24 heavy (non-hydrogen) atoms. The molecular weight excluding hydrogens is 324 g/mol. The number of thiophene rings is 1. The van der Waals surface area contributed by atoms with E-state index in [-0.39, 0.29) is 24.5 Å². The third-order valence-electron chi connectivity index (χ3n) is 3.88. The summed E-state index contributed by atoms with van der Waals surface area (Å²) in [5, 5.41) is 7.21. The van der Waals surface area contributed by atoms with E-state index in [2.05, 4.69) is 10.6 Å². The monoisotopic (exact) mass is 344 g/mol. The first-order chi connectivity index (χ1) is 11.7. The van der Waals surface area contributed by atoms with Gasteiger partial charge >= 0.3 is 0 Å². The Bertz CT molecular complexity index is 694. The Balaban J connectivity index is 1.49. The summed E-state index contributed by atoms with van der Waals surface area (Å²) in [6.45, 7) is -0.0650. The molecule has 1 aromatic carbocycles. The quantitative estimate of drug-likeness (QED) is 0.843. The standard InChI is InChI=1S/C18H20N2O3S/c21-17(12-19-18(22)16-9-4-10-24-16)20-13-5-3-8-15(11-13)23-14-6-1-2-7-14/h3-5,8-11,14H,1-2,6-7,12H2,(H,19,22)(H,20,21). The van der Waals surface area contributed by atoms with E-state index in [1.165, 1.54) is 24.2 Å². The number of benzene rings is 1. The van der Waals surface area contributed by atoms with Crippen molar-refractivity contribution >= 4 is 28.8 Å². The van der Waals surface area contributed by atoms with Crippen LogP contribution in [0.2, 0.25) is 0 Å². The number of hydrogen-bond acceptors (Lipinski definition) is 4. The van der Waals surface area contributed by atoms with Gasteiger partial charge in [-0.15, -0.1) is 11.3 Å². The molecule has 1 saturated carbocycles. The number of ether oxygens (including phenoxy) is 1. The van der Waals surface area contributed by atoms with Gasteiger partial charge < -0.3 is 15.4 Å². The van der Waals surface area contributed by atoms with Gasteiger partial charge in [-0.25, -0.2) is 0 Å². The second kappa shape index (κ2) is 7.97. The van der Waals surface area contributed by atoms with E-state index in [1.54, 1.807) is 18.2 Å². The molecule has 1 aliphatic rings. The van der Waals surface area contributed by atoms with Crippen molar-refractivity contribution in [3.8, 4) is 5.75 Å². The fourth-order valence-corrected chi connectivity index (χ4v) is 3.35. The lowest BCUT2D eigenvalue weighted by Crippen LogP contribution is -2.32. The zero-order valence-electron chi connectivity index (χ0n) is 13.3. The Labute approximate surface area is 145 Å². The van der Waals surface area contributed by atoms with Crippen LogP contribution in [0.5, 0.6) is 5.75 Å². The SMILES string of the molecule is O=C(CNC(=O)c1cccs1)Nc1cccc(OC2CCCC2)c1. The largest absolute Gasteiger partial charge is 0.490 e. The highest BCUT2D eigenvalue weighted by Crippen LogP contribution is 2.25. The predicted molar refractivity (Wildman–Crippen MR) is 94.6 cm³/mol. The molecule has 0 radical (unpaired) electrons. The molecule has 1 fully saturated rings. The van der Waals surface area contributed by atoms with E-state index in [0.717, 1.165) is 18.6 Å². The van der Waals surface area contributed by atoms with Crippen LogP contribution in [0.3, 0.4) is 0 Å². The van der Waals surface area contributed by atoms with Crippen molar-refractivity contribution in [2.24, 2.45) is 0 Å². The first kappa shape index (κ1) is 16.5. The van der Waals surface area contributed by atoms with Gasteiger partial charge in [-0.2, -0.15) is 0 Å². The van der Waals surface area contributed by atoms with Gasteiger partial charge in [0, 0.05) is 11.8 Å². The summed E-state index contributed by atoms with van der Waals surface area (Å²) in [5.74, 6) is 0.263. The lowest BCUT2D eigenvalue weighted by Gasteiger charge is -2.14. The maximum atomic E-state index is 12.0. The molecule has 6 heteroatoms. The second-order valence-corrected chi connectivity index (χ2v) is 6.71. The summed E-state index contributed by atoms with van der Waals surface area (Å²) in [4.78, 5) is 24.4. The Kier molecular flexibility index (Phi) is 5.48. The molecule has 0 saturated heterocycles. The summed E-state index contributed by atoms with van der Waals surface area (Å²) < 4.78 is 5.93. The number of amides is 2. The minimum atomic E-state index is -0.266. The minimum Gasteiger partial charge on any atom is -0.490 e. The third-order valence-corrected chi connectivity index (χ3v) is 4.75. The number of carbonyl (C=O) groups is 2. The molecule has 0 aliphatic heterocycles. The first-order valence-electron chi connectivity index (χ1n) is 8.09. The molecular formula is C18H20N2O3S. The Hall–Kier alpha value is -2.34. The molecule has 2 aromatic rings. The number of rotatable bonds is 6. The van der Waals surface area contributed by atoms with Crippen LogP contribution in [0, 0.1) is 0 Å². The lowest BCUT2D eigenvalue weighted by atomic mass is 10.2. The predicted octanol–water partition coefficient (Wildman–Crippen LogP) is 3.44. The second-order valence-electron chi connectivity index (χ2n) is 5.76. The molecule has 1 aromatic heterocycles. The third kappa shape index (κ3) is 4.58. The van der Waals surface area contributed by atoms with Gasteiger partial charge in [0.15, 0.2) is 0 Å². The van der Waals surface area contributed by atoms with E-state index in [9.17, 15) is 9.59 Å². The Morgan fingerprint density at radius 1 is 1.17 bits per heavy atom. The van der Waals surface area contributed by atoms with Crippen LogP contribution in [0.1, 0.15) is 35.4 Å². The van der Waals surface area contributed by atoms with Gasteiger partial charge in [0.2, 0.25) is 5.91 Å². The highest BCUT2D eigenvalue weighted by atomic mass is 32.1. The minimum absolute atomic E-state index is 0.0650. The summed E-state index contributed by atoms with van der Waals surface area (Å²) in [5.41, 5.74) is 0.667. The van der Waals surface area contributed by atoms with Gasteiger partial charge in [-0.1, -0.05) is 12.1 Å². The first-order valence-corrected chi connectivity index (χ1v) is 8.97. The van der Waals surface area contributed by atoms with Gasteiger partial charge in [0.25, 0.3) is 5.91 Å². The highest BCUT2D eigenvalue weighted by molar-refractivity contribution is 7.12. The number of nitrogens with one attached hydrogen (secondary N) is 2. The van der Waals surface area contributed by atoms with Crippen LogP contribution >= 0.6 is 11.3 Å². The number of hydrogen-bond donors (Lipinski definition) is 2. The topological polar surface area (TPSA) is 67.4 Å². The molecule has 0 unspecified atom stereocenters. The number of carbonyl (C=O) groups excluding carboxylic acids is 2. The average molecular weight is 344 g/mol. The molecule has 2 N–H and O–H groups in total. The molecule has 0 bridgehead atoms. The Morgan fingerprint density at radius 2 is 2.00 bits per heavy atom. The van der Waals surface area contributed by atoms with Crippen molar-refractivity contribution in [1.29, 1.82) is 0 Å². The van der Waals surface area contributed by atoms with Crippen molar-refractivity contribution in [3.05, 3.63) is 46.7 Å². The molecule has 126 valence electrons. The van der Waals surface area contributed by atoms with Crippen LogP contribution in [0.4, 0.5) is 5.69 Å². The summed E-state index contributed by atoms with van der Waals surface area (Å²) in [7, 11) is 0. The zero-order chi connectivity index (χ0) is 16.8. The summed E-state index contributed by atoms with van der Waals surface area (Å²) in [6.07, 6.45) is 4.88. The van der Waals surface area contributed by atoms with Crippen molar-refractivity contribution in [1.82, 2.24) is 5.32 Å². The number of anilines is 1.